The number of benzene rings is 1. The van der Waals surface area contributed by atoms with E-state index in [1.807, 2.05) is 5.41 Å². The van der Waals surface area contributed by atoms with Gasteiger partial charge in [-0.05, 0) is 47.5 Å². The first-order chi connectivity index (χ1) is 7.83. The van der Waals surface area contributed by atoms with E-state index in [1.54, 1.807) is 0 Å². The van der Waals surface area contributed by atoms with Crippen molar-refractivity contribution >= 4 is 18.2 Å². The lowest BCUT2D eigenvalue weighted by molar-refractivity contribution is 0.970. The van der Waals surface area contributed by atoms with Gasteiger partial charge in [-0.1, -0.05) is 42.5 Å². The van der Waals surface area contributed by atoms with Gasteiger partial charge in [0.2, 0.25) is 0 Å². The summed E-state index contributed by atoms with van der Waals surface area (Å²) in [6.45, 7) is 2.20. The van der Waals surface area contributed by atoms with E-state index in [9.17, 15) is 0 Å². The van der Waals surface area contributed by atoms with Crippen molar-refractivity contribution in [1.29, 1.82) is 0 Å². The van der Waals surface area contributed by atoms with Crippen LogP contribution in [0.5, 0.6) is 0 Å². The molecule has 0 bridgehead atoms. The van der Waals surface area contributed by atoms with Crippen LogP contribution in [0.3, 0.4) is 0 Å². The highest BCUT2D eigenvalue weighted by Gasteiger charge is 2.10. The molecule has 0 N–H and O–H groups in total. The summed E-state index contributed by atoms with van der Waals surface area (Å²) < 4.78 is 0. The predicted molar refractivity (Wildman–Crippen MR) is 74.5 cm³/mol. The number of allylic oxidation sites excluding steroid dienone is 5. The van der Waals surface area contributed by atoms with E-state index in [0.717, 1.165) is 12.8 Å². The molecule has 0 heterocycles. The summed E-state index contributed by atoms with van der Waals surface area (Å²) in [6, 6.07) is 10.6. The largest absolute Gasteiger partial charge is 0.151 e. The lowest BCUT2D eigenvalue weighted by atomic mass is 9.90. The maximum Gasteiger partial charge on any atom is -0.0164 e. The molecule has 1 aliphatic carbocycles. The fourth-order valence-corrected chi connectivity index (χ4v) is 2.31. The number of thiol groups is 1. The average molecular weight is 228 g/mol. The molecule has 1 aromatic rings. The van der Waals surface area contributed by atoms with Gasteiger partial charge in [-0.25, -0.2) is 0 Å². The van der Waals surface area contributed by atoms with E-state index in [2.05, 4.69) is 62.0 Å². The minimum atomic E-state index is 1.11. The van der Waals surface area contributed by atoms with Crippen molar-refractivity contribution in [1.82, 2.24) is 0 Å². The van der Waals surface area contributed by atoms with Crippen molar-refractivity contribution in [3.63, 3.8) is 0 Å². The fraction of sp³-hybridized carbons (Fsp3) is 0.200. The second kappa shape index (κ2) is 5.22. The molecule has 0 spiro atoms. The third-order valence-corrected chi connectivity index (χ3v) is 3.28. The van der Waals surface area contributed by atoms with Crippen LogP contribution in [-0.2, 0) is 0 Å². The third-order valence-electron chi connectivity index (χ3n) is 3.01. The van der Waals surface area contributed by atoms with Gasteiger partial charge in [0, 0.05) is 0 Å². The quantitative estimate of drug-likeness (QED) is 0.666. The van der Waals surface area contributed by atoms with E-state index in [1.165, 1.54) is 22.3 Å². The van der Waals surface area contributed by atoms with Crippen molar-refractivity contribution in [3.8, 4) is 0 Å². The summed E-state index contributed by atoms with van der Waals surface area (Å²) >= 11 is 4.28. The smallest absolute Gasteiger partial charge is 0.0164 e. The Hall–Kier alpha value is -1.21. The van der Waals surface area contributed by atoms with Gasteiger partial charge in [-0.15, -0.1) is 0 Å². The first kappa shape index (κ1) is 11.3. The highest BCUT2D eigenvalue weighted by atomic mass is 32.1. The SMILES string of the molecule is C/C(=C1\CCC=C\C1=C/S)c1ccccc1. The van der Waals surface area contributed by atoms with Crippen LogP contribution >= 0.6 is 12.6 Å². The van der Waals surface area contributed by atoms with E-state index in [-0.39, 0.29) is 0 Å². The predicted octanol–water partition coefficient (Wildman–Crippen LogP) is 4.62. The van der Waals surface area contributed by atoms with Gasteiger partial charge in [0.1, 0.15) is 0 Å². The third kappa shape index (κ3) is 2.30. The molecular formula is C15H16S. The lowest BCUT2D eigenvalue weighted by Crippen LogP contribution is -1.96. The number of hydrogen-bond acceptors (Lipinski definition) is 1. The Kier molecular flexibility index (Phi) is 3.68. The van der Waals surface area contributed by atoms with Crippen LogP contribution < -0.4 is 0 Å². The Balaban J connectivity index is 2.45. The Morgan fingerprint density at radius 2 is 2.00 bits per heavy atom. The van der Waals surface area contributed by atoms with Gasteiger partial charge in [0.05, 0.1) is 0 Å². The summed E-state index contributed by atoms with van der Waals surface area (Å²) in [5.74, 6) is 0. The second-order valence-electron chi connectivity index (χ2n) is 4.00. The summed E-state index contributed by atoms with van der Waals surface area (Å²) in [7, 11) is 0. The first-order valence-corrected chi connectivity index (χ1v) is 6.11. The maximum atomic E-state index is 4.28. The van der Waals surface area contributed by atoms with Crippen LogP contribution in [0.4, 0.5) is 0 Å². The second-order valence-corrected chi connectivity index (χ2v) is 4.25. The Labute approximate surface area is 103 Å². The standard InChI is InChI=1S/C15H16S/c1-12(13-7-3-2-4-8-13)15-10-6-5-9-14(15)11-16/h2-5,7-9,11,16H,6,10H2,1H3/b14-11+,15-12-. The minimum Gasteiger partial charge on any atom is -0.151 e. The topological polar surface area (TPSA) is 0 Å². The van der Waals surface area contributed by atoms with Gasteiger partial charge in [0.15, 0.2) is 0 Å². The van der Waals surface area contributed by atoms with Crippen LogP contribution in [0.1, 0.15) is 25.3 Å². The molecule has 1 heteroatoms. The molecule has 1 aromatic carbocycles. The molecule has 16 heavy (non-hydrogen) atoms. The molecule has 0 fully saturated rings. The van der Waals surface area contributed by atoms with E-state index < -0.39 is 0 Å². The fourth-order valence-electron chi connectivity index (χ4n) is 2.07. The van der Waals surface area contributed by atoms with Gasteiger partial charge in [-0.3, -0.25) is 0 Å². The van der Waals surface area contributed by atoms with Crippen LogP contribution in [0.2, 0.25) is 0 Å². The molecule has 0 aromatic heterocycles. The zero-order valence-corrected chi connectivity index (χ0v) is 10.4. The van der Waals surface area contributed by atoms with Crippen LogP contribution in [0.15, 0.2) is 59.0 Å². The van der Waals surface area contributed by atoms with Crippen molar-refractivity contribution in [3.05, 3.63) is 64.6 Å². The highest BCUT2D eigenvalue weighted by molar-refractivity contribution is 7.83. The monoisotopic (exact) mass is 228 g/mol. The summed E-state index contributed by atoms with van der Waals surface area (Å²) in [5.41, 5.74) is 5.34. The zero-order valence-electron chi connectivity index (χ0n) is 9.48. The Morgan fingerprint density at radius 1 is 1.25 bits per heavy atom. The molecule has 1 aliphatic rings. The molecule has 0 amide bonds. The lowest BCUT2D eigenvalue weighted by Gasteiger charge is -2.16. The molecular weight excluding hydrogens is 212 g/mol. The number of rotatable bonds is 1. The van der Waals surface area contributed by atoms with Crippen LogP contribution in [-0.4, -0.2) is 0 Å². The molecule has 0 saturated heterocycles. The molecule has 0 radical (unpaired) electrons. The first-order valence-electron chi connectivity index (χ1n) is 5.59. The molecule has 0 unspecified atom stereocenters. The van der Waals surface area contributed by atoms with Crippen LogP contribution in [0, 0.1) is 0 Å². The Bertz CT molecular complexity index is 450. The van der Waals surface area contributed by atoms with E-state index in [4.69, 9.17) is 0 Å². The van der Waals surface area contributed by atoms with Gasteiger partial charge < -0.3 is 0 Å². The Morgan fingerprint density at radius 3 is 2.69 bits per heavy atom. The highest BCUT2D eigenvalue weighted by Crippen LogP contribution is 2.31. The zero-order chi connectivity index (χ0) is 11.4. The van der Waals surface area contributed by atoms with Crippen molar-refractivity contribution in [2.75, 3.05) is 0 Å². The molecule has 82 valence electrons. The van der Waals surface area contributed by atoms with Crippen molar-refractivity contribution in [2.45, 2.75) is 19.8 Å². The van der Waals surface area contributed by atoms with Gasteiger partial charge in [-0.2, -0.15) is 12.6 Å². The van der Waals surface area contributed by atoms with Crippen molar-refractivity contribution in [2.24, 2.45) is 0 Å². The normalized spacial score (nSPS) is 21.2. The maximum absolute atomic E-state index is 4.28. The van der Waals surface area contributed by atoms with Crippen molar-refractivity contribution < 1.29 is 0 Å². The summed E-state index contributed by atoms with van der Waals surface area (Å²) in [6.07, 6.45) is 6.62. The van der Waals surface area contributed by atoms with Gasteiger partial charge >= 0.3 is 0 Å². The molecule has 0 aliphatic heterocycles. The summed E-state index contributed by atoms with van der Waals surface area (Å²) in [5, 5.41) is 1.90. The molecule has 0 saturated carbocycles. The average Bonchev–Trinajstić information content (AvgIpc) is 2.39. The minimum absolute atomic E-state index is 1.11. The van der Waals surface area contributed by atoms with Gasteiger partial charge in [0.25, 0.3) is 0 Å². The van der Waals surface area contributed by atoms with E-state index in [0.29, 0.717) is 0 Å². The van der Waals surface area contributed by atoms with E-state index >= 15 is 0 Å². The molecule has 2 rings (SSSR count). The van der Waals surface area contributed by atoms with Crippen LogP contribution in [0.25, 0.3) is 5.57 Å². The number of hydrogen-bond donors (Lipinski definition) is 1. The summed E-state index contributed by atoms with van der Waals surface area (Å²) in [4.78, 5) is 0. The molecule has 0 nitrogen and oxygen atoms in total. The molecule has 0 atom stereocenters.